The summed E-state index contributed by atoms with van der Waals surface area (Å²) in [7, 11) is 0. The van der Waals surface area contributed by atoms with Gasteiger partial charge in [0.05, 0.1) is 17.0 Å². The van der Waals surface area contributed by atoms with Crippen molar-refractivity contribution in [1.29, 1.82) is 5.26 Å². The molecule has 2 aromatic heterocycles. The summed E-state index contributed by atoms with van der Waals surface area (Å²) in [6.07, 6.45) is 2.33. The predicted octanol–water partition coefficient (Wildman–Crippen LogP) is 4.72. The van der Waals surface area contributed by atoms with Crippen LogP contribution in [0.2, 0.25) is 0 Å². The number of amides is 1. The van der Waals surface area contributed by atoms with Gasteiger partial charge in [-0.1, -0.05) is 6.07 Å². The highest BCUT2D eigenvalue weighted by Crippen LogP contribution is 2.53. The van der Waals surface area contributed by atoms with Crippen LogP contribution >= 0.6 is 22.7 Å². The monoisotopic (exact) mass is 379 g/mol. The van der Waals surface area contributed by atoms with Crippen LogP contribution in [0.3, 0.4) is 0 Å². The van der Waals surface area contributed by atoms with Crippen LogP contribution in [-0.2, 0) is 11.2 Å². The van der Waals surface area contributed by atoms with Gasteiger partial charge in [-0.25, -0.2) is 4.98 Å². The number of hydrogen-bond donors (Lipinski definition) is 1. The summed E-state index contributed by atoms with van der Waals surface area (Å²) < 4.78 is 0. The summed E-state index contributed by atoms with van der Waals surface area (Å²) in [6.45, 7) is 4.09. The molecule has 3 aromatic rings. The van der Waals surface area contributed by atoms with Gasteiger partial charge in [-0.05, 0) is 55.7 Å². The molecule has 1 amide bonds. The molecule has 6 heteroatoms. The molecule has 0 unspecified atom stereocenters. The van der Waals surface area contributed by atoms with Gasteiger partial charge in [-0.15, -0.1) is 22.7 Å². The largest absolute Gasteiger partial charge is 0.301 e. The Morgan fingerprint density at radius 3 is 2.88 bits per heavy atom. The molecule has 4 nitrogen and oxygen atoms in total. The number of benzene rings is 1. The van der Waals surface area contributed by atoms with Gasteiger partial charge in [-0.3, -0.25) is 4.79 Å². The van der Waals surface area contributed by atoms with Crippen LogP contribution in [0.25, 0.3) is 0 Å². The van der Waals surface area contributed by atoms with E-state index in [0.717, 1.165) is 16.0 Å². The molecule has 130 valence electrons. The number of nitrogens with zero attached hydrogens (tertiary/aromatic N) is 2. The molecule has 0 bridgehead atoms. The second-order valence-electron chi connectivity index (χ2n) is 6.79. The maximum absolute atomic E-state index is 13.2. The number of anilines is 1. The molecule has 0 aliphatic heterocycles. The van der Waals surface area contributed by atoms with Crippen molar-refractivity contribution in [2.24, 2.45) is 5.41 Å². The van der Waals surface area contributed by atoms with E-state index < -0.39 is 5.41 Å². The predicted molar refractivity (Wildman–Crippen MR) is 105 cm³/mol. The molecular formula is C20H17N3OS2. The lowest BCUT2D eigenvalue weighted by atomic mass is 9.76. The van der Waals surface area contributed by atoms with Gasteiger partial charge in [0.2, 0.25) is 5.91 Å². The first kappa shape index (κ1) is 17.0. The van der Waals surface area contributed by atoms with Crippen molar-refractivity contribution >= 4 is 33.7 Å². The molecule has 0 radical (unpaired) electrons. The maximum atomic E-state index is 13.2. The number of fused-ring (bicyclic) bond motifs is 1. The van der Waals surface area contributed by atoms with Crippen molar-refractivity contribution in [3.63, 3.8) is 0 Å². The van der Waals surface area contributed by atoms with Crippen LogP contribution in [-0.4, -0.2) is 10.9 Å². The number of nitriles is 1. The number of hydrogen-bond acceptors (Lipinski definition) is 5. The van der Waals surface area contributed by atoms with E-state index in [2.05, 4.69) is 35.4 Å². The van der Waals surface area contributed by atoms with Crippen molar-refractivity contribution in [3.8, 4) is 6.07 Å². The molecule has 0 saturated heterocycles. The number of nitrogens with one attached hydrogen (secondary N) is 1. The molecule has 1 N–H and O–H groups in total. The van der Waals surface area contributed by atoms with Gasteiger partial charge in [0.1, 0.15) is 0 Å². The van der Waals surface area contributed by atoms with Gasteiger partial charge in [-0.2, -0.15) is 5.26 Å². The number of aryl methyl sites for hydroxylation is 1. The minimum Gasteiger partial charge on any atom is -0.301 e. The molecule has 4 rings (SSSR count). The van der Waals surface area contributed by atoms with Crippen LogP contribution in [0.4, 0.5) is 5.13 Å². The van der Waals surface area contributed by atoms with Crippen molar-refractivity contribution in [2.75, 3.05) is 5.32 Å². The second-order valence-corrected chi connectivity index (χ2v) is 9.01. The van der Waals surface area contributed by atoms with Crippen molar-refractivity contribution in [1.82, 2.24) is 4.98 Å². The lowest BCUT2D eigenvalue weighted by Crippen LogP contribution is -2.37. The number of carbonyl (C=O) groups is 1. The van der Waals surface area contributed by atoms with Gasteiger partial charge in [0, 0.05) is 27.2 Å². The highest BCUT2D eigenvalue weighted by molar-refractivity contribution is 7.13. The van der Waals surface area contributed by atoms with E-state index >= 15 is 0 Å². The maximum Gasteiger partial charge on any atom is 0.233 e. The summed E-state index contributed by atoms with van der Waals surface area (Å²) in [6, 6.07) is 12.2. The van der Waals surface area contributed by atoms with Gasteiger partial charge >= 0.3 is 0 Å². The summed E-state index contributed by atoms with van der Waals surface area (Å²) in [5.74, 6) is -0.0947. The number of carbonyl (C=O) groups excluding carboxylic acids is 1. The van der Waals surface area contributed by atoms with Gasteiger partial charge in [0.15, 0.2) is 5.13 Å². The van der Waals surface area contributed by atoms with E-state index in [4.69, 9.17) is 0 Å². The van der Waals surface area contributed by atoms with Crippen LogP contribution in [0, 0.1) is 23.7 Å². The summed E-state index contributed by atoms with van der Waals surface area (Å²) in [5, 5.41) is 14.8. The molecule has 0 spiro atoms. The minimum atomic E-state index is -0.626. The molecule has 1 aromatic carbocycles. The van der Waals surface area contributed by atoms with E-state index in [-0.39, 0.29) is 11.8 Å². The summed E-state index contributed by atoms with van der Waals surface area (Å²) in [4.78, 5) is 19.8. The Kier molecular flexibility index (Phi) is 4.14. The third-order valence-corrected chi connectivity index (χ3v) is 6.75. The third kappa shape index (κ3) is 2.74. The average molecular weight is 380 g/mol. The molecule has 0 fully saturated rings. The topological polar surface area (TPSA) is 65.8 Å². The third-order valence-electron chi connectivity index (χ3n) is 5.00. The molecule has 26 heavy (non-hydrogen) atoms. The van der Waals surface area contributed by atoms with Gasteiger partial charge in [0.25, 0.3) is 0 Å². The fraction of sp³-hybridized carbons (Fsp3) is 0.250. The molecule has 2 atom stereocenters. The van der Waals surface area contributed by atoms with Crippen LogP contribution in [0.1, 0.15) is 39.3 Å². The van der Waals surface area contributed by atoms with E-state index in [0.29, 0.717) is 17.1 Å². The van der Waals surface area contributed by atoms with Gasteiger partial charge < -0.3 is 5.32 Å². The Morgan fingerprint density at radius 1 is 1.38 bits per heavy atom. The number of thiophene rings is 1. The highest BCUT2D eigenvalue weighted by Gasteiger charge is 2.49. The zero-order chi connectivity index (χ0) is 18.3. The molecule has 0 saturated carbocycles. The van der Waals surface area contributed by atoms with E-state index in [1.165, 1.54) is 16.2 Å². The van der Waals surface area contributed by atoms with Crippen molar-refractivity contribution in [2.45, 2.75) is 26.2 Å². The second kappa shape index (κ2) is 6.35. The number of aromatic nitrogens is 1. The zero-order valence-corrected chi connectivity index (χ0v) is 16.1. The Balaban J connectivity index is 1.80. The quantitative estimate of drug-likeness (QED) is 0.716. The Morgan fingerprint density at radius 2 is 2.23 bits per heavy atom. The van der Waals surface area contributed by atoms with Crippen LogP contribution < -0.4 is 5.32 Å². The van der Waals surface area contributed by atoms with Crippen LogP contribution in [0.5, 0.6) is 0 Å². The Bertz CT molecular complexity index is 1020. The fourth-order valence-corrected chi connectivity index (χ4v) is 5.42. The van der Waals surface area contributed by atoms with E-state index in [1.54, 1.807) is 17.5 Å². The standard InChI is InChI=1S/C20H17N3OS2/c1-12-3-6-16(26-12)17-15-9-13(11-21)4-5-14(15)10-20(17,2)18(24)23-19-22-7-8-25-19/h3-9,17H,10H2,1-2H3,(H,22,23,24)/t17-,20-/m0/s1. The SMILES string of the molecule is Cc1ccc([C@@H]2c3cc(C#N)ccc3C[C@]2(C)C(=O)Nc2nccs2)s1. The molecular weight excluding hydrogens is 362 g/mol. The first-order chi connectivity index (χ1) is 12.5. The number of thiazole rings is 1. The van der Waals surface area contributed by atoms with Crippen LogP contribution in [0.15, 0.2) is 41.9 Å². The molecule has 2 heterocycles. The fourth-order valence-electron chi connectivity index (χ4n) is 3.75. The summed E-state index contributed by atoms with van der Waals surface area (Å²) >= 11 is 3.13. The smallest absolute Gasteiger partial charge is 0.233 e. The zero-order valence-electron chi connectivity index (χ0n) is 14.4. The Labute approximate surface area is 160 Å². The van der Waals surface area contributed by atoms with E-state index in [1.807, 2.05) is 30.5 Å². The first-order valence-electron chi connectivity index (χ1n) is 8.31. The lowest BCUT2D eigenvalue weighted by molar-refractivity contribution is -0.125. The molecule has 1 aliphatic carbocycles. The number of rotatable bonds is 3. The minimum absolute atomic E-state index is 0.0294. The van der Waals surface area contributed by atoms with E-state index in [9.17, 15) is 10.1 Å². The average Bonchev–Trinajstić information content (AvgIpc) is 3.33. The summed E-state index contributed by atoms with van der Waals surface area (Å²) in [5.41, 5.74) is 2.23. The van der Waals surface area contributed by atoms with Crippen molar-refractivity contribution in [3.05, 3.63) is 68.4 Å². The van der Waals surface area contributed by atoms with Crippen molar-refractivity contribution < 1.29 is 4.79 Å². The molecule has 1 aliphatic rings. The first-order valence-corrected chi connectivity index (χ1v) is 10.0. The lowest BCUT2D eigenvalue weighted by Gasteiger charge is -2.29. The normalized spacial score (nSPS) is 21.2. The highest BCUT2D eigenvalue weighted by atomic mass is 32.1. The Hall–Kier alpha value is -2.49.